The zero-order chi connectivity index (χ0) is 24.9. The van der Waals surface area contributed by atoms with Crippen LogP contribution in [0.25, 0.3) is 0 Å². The van der Waals surface area contributed by atoms with Crippen molar-refractivity contribution in [3.05, 3.63) is 66.6 Å². The number of rotatable bonds is 9. The average Bonchev–Trinajstić information content (AvgIpc) is 3.46. The molecule has 1 aliphatic rings. The van der Waals surface area contributed by atoms with E-state index in [0.29, 0.717) is 6.54 Å². The quantitative estimate of drug-likeness (QED) is 0.518. The predicted octanol–water partition coefficient (Wildman–Crippen LogP) is 1.70. The van der Waals surface area contributed by atoms with Crippen molar-refractivity contribution in [1.29, 1.82) is 0 Å². The van der Waals surface area contributed by atoms with E-state index in [2.05, 4.69) is 17.1 Å². The molecule has 0 aliphatic carbocycles. The minimum atomic E-state index is -1.58. The van der Waals surface area contributed by atoms with Crippen molar-refractivity contribution in [2.75, 3.05) is 19.5 Å². The Morgan fingerprint density at radius 3 is 2.68 bits per heavy atom. The maximum absolute atomic E-state index is 13.5. The van der Waals surface area contributed by atoms with E-state index >= 15 is 0 Å². The van der Waals surface area contributed by atoms with E-state index in [4.69, 9.17) is 4.52 Å². The van der Waals surface area contributed by atoms with E-state index in [1.807, 2.05) is 44.2 Å². The van der Waals surface area contributed by atoms with Crippen LogP contribution in [0.5, 0.6) is 0 Å². The Hall–Kier alpha value is -3.11. The smallest absolute Gasteiger partial charge is 0.290 e. The van der Waals surface area contributed by atoms with Crippen molar-refractivity contribution in [3.63, 3.8) is 0 Å². The summed E-state index contributed by atoms with van der Waals surface area (Å²) < 4.78 is 4.36. The van der Waals surface area contributed by atoms with Crippen LogP contribution in [0.1, 0.15) is 30.0 Å². The summed E-state index contributed by atoms with van der Waals surface area (Å²) in [4.78, 5) is 42.2. The maximum Gasteiger partial charge on any atom is 0.290 e. The molecule has 1 aromatic heterocycles. The van der Waals surface area contributed by atoms with Crippen LogP contribution in [0.3, 0.4) is 0 Å². The van der Waals surface area contributed by atoms with Gasteiger partial charge in [-0.15, -0.1) is 18.3 Å². The van der Waals surface area contributed by atoms with Crippen molar-refractivity contribution < 1.29 is 24.0 Å². The van der Waals surface area contributed by atoms with E-state index in [9.17, 15) is 19.5 Å². The Kier molecular flexibility index (Phi) is 8.16. The molecule has 9 nitrogen and oxygen atoms in total. The van der Waals surface area contributed by atoms with Crippen molar-refractivity contribution >= 4 is 29.5 Å². The number of aromatic nitrogens is 1. The molecule has 2 N–H and O–H groups in total. The summed E-state index contributed by atoms with van der Waals surface area (Å²) in [6.07, 6.45) is 1.57. The fourth-order valence-electron chi connectivity index (χ4n) is 3.90. The number of hydrogen-bond donors (Lipinski definition) is 2. The van der Waals surface area contributed by atoms with Crippen molar-refractivity contribution in [2.24, 2.45) is 0 Å². The Balaban J connectivity index is 1.85. The molecule has 2 aromatic rings. The van der Waals surface area contributed by atoms with Crippen LogP contribution in [0.15, 0.2) is 59.8 Å². The number of benzene rings is 1. The summed E-state index contributed by atoms with van der Waals surface area (Å²) in [6, 6.07) is 8.88. The van der Waals surface area contributed by atoms with Gasteiger partial charge in [-0.25, -0.2) is 0 Å². The first kappa shape index (κ1) is 25.5. The lowest BCUT2D eigenvalue weighted by atomic mass is 9.97. The van der Waals surface area contributed by atoms with Crippen molar-refractivity contribution in [2.45, 2.75) is 43.2 Å². The van der Waals surface area contributed by atoms with Gasteiger partial charge in [0.05, 0.1) is 18.1 Å². The third-order valence-electron chi connectivity index (χ3n) is 5.75. The summed E-state index contributed by atoms with van der Waals surface area (Å²) in [5.41, 5.74) is 0.826. The Labute approximate surface area is 203 Å². The first-order valence-corrected chi connectivity index (χ1v) is 11.9. The summed E-state index contributed by atoms with van der Waals surface area (Å²) in [6.45, 7) is 7.80. The number of nitrogens with zero attached hydrogens (tertiary/aromatic N) is 3. The van der Waals surface area contributed by atoms with E-state index in [1.54, 1.807) is 13.1 Å². The van der Waals surface area contributed by atoms with Gasteiger partial charge < -0.3 is 24.7 Å². The first-order chi connectivity index (χ1) is 16.2. The minimum Gasteiger partial charge on any atom is -0.381 e. The second-order valence-electron chi connectivity index (χ2n) is 8.69. The molecular formula is C24H30N4O5S. The lowest BCUT2D eigenvalue weighted by molar-refractivity contribution is -0.150. The molecule has 182 valence electrons. The number of hydrogen-bond acceptors (Lipinski definition) is 7. The van der Waals surface area contributed by atoms with Crippen LogP contribution in [-0.4, -0.2) is 80.2 Å². The molecule has 0 bridgehead atoms. The van der Waals surface area contributed by atoms with Crippen LogP contribution >= 0.6 is 11.8 Å². The van der Waals surface area contributed by atoms with Gasteiger partial charge >= 0.3 is 0 Å². The second-order valence-corrected chi connectivity index (χ2v) is 10.3. The van der Waals surface area contributed by atoms with Crippen molar-refractivity contribution in [3.8, 4) is 0 Å². The summed E-state index contributed by atoms with van der Waals surface area (Å²) >= 11 is 1.46. The molecule has 34 heavy (non-hydrogen) atoms. The maximum atomic E-state index is 13.5. The monoisotopic (exact) mass is 486 g/mol. The van der Waals surface area contributed by atoms with Gasteiger partial charge in [-0.05, 0) is 25.8 Å². The normalized spacial score (nSPS) is 18.7. The number of nitrogens with one attached hydrogen (secondary N) is 1. The van der Waals surface area contributed by atoms with Gasteiger partial charge in [-0.3, -0.25) is 14.4 Å². The molecule has 1 unspecified atom stereocenters. The van der Waals surface area contributed by atoms with E-state index < -0.39 is 34.7 Å². The molecule has 1 aliphatic heterocycles. The van der Waals surface area contributed by atoms with E-state index in [1.165, 1.54) is 33.8 Å². The third kappa shape index (κ3) is 5.68. The van der Waals surface area contributed by atoms with Gasteiger partial charge in [-0.2, -0.15) is 0 Å². The number of likely N-dealkylation sites (N-methyl/N-ethyl adjacent to an activating group) is 1. The van der Waals surface area contributed by atoms with Gasteiger partial charge in [0.2, 0.25) is 11.7 Å². The fraction of sp³-hybridized carbons (Fsp3) is 0.417. The van der Waals surface area contributed by atoms with Gasteiger partial charge in [0.15, 0.2) is 6.10 Å². The first-order valence-electron chi connectivity index (χ1n) is 10.9. The molecule has 10 heteroatoms. The number of carbonyl (C=O) groups excluding carboxylic acids is 3. The zero-order valence-electron chi connectivity index (χ0n) is 19.5. The van der Waals surface area contributed by atoms with E-state index in [0.717, 1.165) is 5.56 Å². The average molecular weight is 487 g/mol. The van der Waals surface area contributed by atoms with Crippen LogP contribution in [0.4, 0.5) is 0 Å². The zero-order valence-corrected chi connectivity index (χ0v) is 20.3. The Bertz CT molecular complexity index is 1010. The Morgan fingerprint density at radius 2 is 2.06 bits per heavy atom. The van der Waals surface area contributed by atoms with Crippen LogP contribution in [-0.2, 0) is 16.0 Å². The molecular weight excluding hydrogens is 456 g/mol. The third-order valence-corrected chi connectivity index (χ3v) is 7.13. The summed E-state index contributed by atoms with van der Waals surface area (Å²) in [7, 11) is 1.65. The highest BCUT2D eigenvalue weighted by Crippen LogP contribution is 2.40. The standard InChI is InChI=1S/C24H30N4O5S/c1-5-13-27(4)23(32)20-24(2,3)34-15-28(20)22(31)19(29)17(14-16-9-7-6-8-10-16)26-21(30)18-11-12-25-33-18/h5-12,17,19-20,29H,1,13-15H2,2-4H3,(H,26,30)/t17-,19-,20?/m0/s1. The molecule has 0 spiro atoms. The SMILES string of the molecule is C=CCN(C)C(=O)C1N(C(=O)[C@@H](O)[C@H](Cc2ccccc2)NC(=O)c2ccno2)CSC1(C)C. The highest BCUT2D eigenvalue weighted by molar-refractivity contribution is 8.00. The molecule has 0 saturated carbocycles. The van der Waals surface area contributed by atoms with Crippen LogP contribution in [0.2, 0.25) is 0 Å². The van der Waals surface area contributed by atoms with E-state index in [-0.39, 0.29) is 24.0 Å². The lowest BCUT2D eigenvalue weighted by Gasteiger charge is -2.35. The highest BCUT2D eigenvalue weighted by Gasteiger charge is 2.50. The van der Waals surface area contributed by atoms with Gasteiger partial charge in [0.1, 0.15) is 6.04 Å². The molecule has 3 amide bonds. The molecule has 3 atom stereocenters. The number of aliphatic hydroxyl groups is 1. The predicted molar refractivity (Wildman–Crippen MR) is 129 cm³/mol. The van der Waals surface area contributed by atoms with Gasteiger partial charge in [0, 0.05) is 24.4 Å². The largest absolute Gasteiger partial charge is 0.381 e. The Morgan fingerprint density at radius 1 is 1.35 bits per heavy atom. The number of amides is 3. The molecule has 1 fully saturated rings. The van der Waals surface area contributed by atoms with Crippen molar-refractivity contribution in [1.82, 2.24) is 20.3 Å². The molecule has 2 heterocycles. The molecule has 1 saturated heterocycles. The molecule has 1 aromatic carbocycles. The van der Waals surface area contributed by atoms with Gasteiger partial charge in [-0.1, -0.05) is 41.6 Å². The fourth-order valence-corrected chi connectivity index (χ4v) is 5.04. The highest BCUT2D eigenvalue weighted by atomic mass is 32.2. The topological polar surface area (TPSA) is 116 Å². The summed E-state index contributed by atoms with van der Waals surface area (Å²) in [5.74, 6) is -1.24. The lowest BCUT2D eigenvalue weighted by Crippen LogP contribution is -2.58. The number of thioether (sulfide) groups is 1. The number of aliphatic hydroxyl groups excluding tert-OH is 1. The van der Waals surface area contributed by atoms with Gasteiger partial charge in [0.25, 0.3) is 11.8 Å². The molecule has 0 radical (unpaired) electrons. The second kappa shape index (κ2) is 10.9. The number of carbonyl (C=O) groups is 3. The van der Waals surface area contributed by atoms with Crippen LogP contribution in [0, 0.1) is 0 Å². The van der Waals surface area contributed by atoms with Crippen LogP contribution < -0.4 is 5.32 Å². The molecule has 3 rings (SSSR count). The minimum absolute atomic E-state index is 0.0327. The summed E-state index contributed by atoms with van der Waals surface area (Å²) in [5, 5.41) is 17.4.